The van der Waals surface area contributed by atoms with Gasteiger partial charge >= 0.3 is 0 Å². The van der Waals surface area contributed by atoms with Crippen LogP contribution in [0.2, 0.25) is 0 Å². The van der Waals surface area contributed by atoms with Gasteiger partial charge in [0.2, 0.25) is 0 Å². The second kappa shape index (κ2) is 8.05. The van der Waals surface area contributed by atoms with Crippen LogP contribution in [0.1, 0.15) is 39.7 Å². The molecule has 3 aromatic rings. The highest BCUT2D eigenvalue weighted by molar-refractivity contribution is 7.15. The maximum absolute atomic E-state index is 12.6. The van der Waals surface area contributed by atoms with Gasteiger partial charge in [0.15, 0.2) is 5.13 Å². The number of likely N-dealkylation sites (tertiary alicyclic amines) is 1. The molecule has 0 bridgehead atoms. The van der Waals surface area contributed by atoms with Crippen LogP contribution in [0, 0.1) is 19.8 Å². The normalized spacial score (nSPS) is 16.9. The number of piperidine rings is 1. The van der Waals surface area contributed by atoms with Gasteiger partial charge in [0, 0.05) is 42.1 Å². The summed E-state index contributed by atoms with van der Waals surface area (Å²) < 4.78 is 0. The first kappa shape index (κ1) is 18.5. The number of hydrogen-bond acceptors (Lipinski definition) is 7. The number of thiazole rings is 1. The van der Waals surface area contributed by atoms with Crippen LogP contribution in [0.3, 0.4) is 0 Å². The number of carbonyl (C=O) groups excluding carboxylic acids is 1. The number of aryl methyl sites for hydroxylation is 2. The van der Waals surface area contributed by atoms with Crippen LogP contribution in [0.15, 0.2) is 24.5 Å². The van der Waals surface area contributed by atoms with Gasteiger partial charge in [-0.3, -0.25) is 9.89 Å². The second-order valence-corrected chi connectivity index (χ2v) is 8.36. The summed E-state index contributed by atoms with van der Waals surface area (Å²) in [5.74, 6) is 1.89. The van der Waals surface area contributed by atoms with E-state index in [0.717, 1.165) is 59.7 Å². The molecular formula is C19H23N7OS. The van der Waals surface area contributed by atoms with E-state index in [9.17, 15) is 4.79 Å². The average molecular weight is 398 g/mol. The summed E-state index contributed by atoms with van der Waals surface area (Å²) in [7, 11) is 0. The predicted octanol–water partition coefficient (Wildman–Crippen LogP) is 3.11. The Bertz CT molecular complexity index is 953. The Balaban J connectivity index is 1.43. The Morgan fingerprint density at radius 1 is 1.39 bits per heavy atom. The number of nitrogens with one attached hydrogen (secondary N) is 2. The maximum Gasteiger partial charge on any atom is 0.271 e. The molecule has 0 saturated carbocycles. The van der Waals surface area contributed by atoms with E-state index in [1.807, 2.05) is 31.0 Å². The fraction of sp³-hybridized carbons (Fsp3) is 0.421. The number of anilines is 2. The Hall–Kier alpha value is -2.81. The first-order valence-corrected chi connectivity index (χ1v) is 10.2. The van der Waals surface area contributed by atoms with Gasteiger partial charge in [-0.25, -0.2) is 15.0 Å². The molecule has 0 spiro atoms. The molecule has 3 aromatic heterocycles. The summed E-state index contributed by atoms with van der Waals surface area (Å²) in [5, 5.41) is 10.7. The molecule has 0 aromatic carbocycles. The molecule has 8 nitrogen and oxygen atoms in total. The van der Waals surface area contributed by atoms with Crippen molar-refractivity contribution in [3.63, 3.8) is 0 Å². The lowest BCUT2D eigenvalue weighted by Gasteiger charge is -2.32. The standard InChI is InChI=1S/C19H23N7OS/c1-12-10-20-19(28-12)24-17-9-15(22-13(2)23-17)8-14-4-3-7-26(11-14)18(27)16-5-6-21-25-16/h5-6,9-10,14H,3-4,7-8,11H2,1-2H3,(H,21,25)(H,20,22,23,24)/t14-/m1/s1. The second-order valence-electron chi connectivity index (χ2n) is 7.13. The number of nitrogens with zero attached hydrogens (tertiary/aromatic N) is 5. The molecule has 0 aliphatic carbocycles. The topological polar surface area (TPSA) is 99.7 Å². The van der Waals surface area contributed by atoms with Crippen molar-refractivity contribution in [1.29, 1.82) is 0 Å². The van der Waals surface area contributed by atoms with E-state index in [1.54, 1.807) is 23.6 Å². The van der Waals surface area contributed by atoms with Crippen molar-refractivity contribution in [2.75, 3.05) is 18.4 Å². The predicted molar refractivity (Wildman–Crippen MR) is 108 cm³/mol. The molecule has 1 saturated heterocycles. The van der Waals surface area contributed by atoms with E-state index >= 15 is 0 Å². The fourth-order valence-electron chi connectivity index (χ4n) is 3.58. The number of aromatic nitrogens is 5. The van der Waals surface area contributed by atoms with E-state index in [0.29, 0.717) is 11.6 Å². The fourth-order valence-corrected chi connectivity index (χ4v) is 4.25. The van der Waals surface area contributed by atoms with Crippen molar-refractivity contribution in [3.8, 4) is 0 Å². The summed E-state index contributed by atoms with van der Waals surface area (Å²) in [6.45, 7) is 5.44. The summed E-state index contributed by atoms with van der Waals surface area (Å²) in [4.78, 5) is 29.1. The Morgan fingerprint density at radius 2 is 2.29 bits per heavy atom. The summed E-state index contributed by atoms with van der Waals surface area (Å²) >= 11 is 1.60. The van der Waals surface area contributed by atoms with Gasteiger partial charge in [0.1, 0.15) is 17.3 Å². The molecule has 1 fully saturated rings. The van der Waals surface area contributed by atoms with Crippen LogP contribution in [0.5, 0.6) is 0 Å². The van der Waals surface area contributed by atoms with Crippen LogP contribution < -0.4 is 5.32 Å². The van der Waals surface area contributed by atoms with Crippen LogP contribution in [0.25, 0.3) is 0 Å². The van der Waals surface area contributed by atoms with E-state index in [1.165, 1.54) is 0 Å². The van der Waals surface area contributed by atoms with Crippen molar-refractivity contribution in [3.05, 3.63) is 46.6 Å². The van der Waals surface area contributed by atoms with Crippen molar-refractivity contribution < 1.29 is 4.79 Å². The number of aromatic amines is 1. The highest BCUT2D eigenvalue weighted by Crippen LogP contribution is 2.24. The maximum atomic E-state index is 12.6. The zero-order valence-electron chi connectivity index (χ0n) is 16.0. The minimum atomic E-state index is 0.0163. The molecule has 2 N–H and O–H groups in total. The zero-order chi connectivity index (χ0) is 19.5. The highest BCUT2D eigenvalue weighted by atomic mass is 32.1. The first-order valence-electron chi connectivity index (χ1n) is 9.39. The van der Waals surface area contributed by atoms with Crippen LogP contribution >= 0.6 is 11.3 Å². The van der Waals surface area contributed by atoms with E-state index in [-0.39, 0.29) is 5.91 Å². The smallest absolute Gasteiger partial charge is 0.271 e. The monoisotopic (exact) mass is 397 g/mol. The first-order chi connectivity index (χ1) is 13.6. The molecule has 1 atom stereocenters. The summed E-state index contributed by atoms with van der Waals surface area (Å²) in [6.07, 6.45) is 6.36. The lowest BCUT2D eigenvalue weighted by Crippen LogP contribution is -2.40. The number of H-pyrrole nitrogens is 1. The molecule has 9 heteroatoms. The van der Waals surface area contributed by atoms with Gasteiger partial charge in [-0.05, 0) is 45.1 Å². The van der Waals surface area contributed by atoms with Crippen molar-refractivity contribution >= 4 is 28.2 Å². The minimum absolute atomic E-state index is 0.0163. The van der Waals surface area contributed by atoms with Crippen molar-refractivity contribution in [2.45, 2.75) is 33.1 Å². The van der Waals surface area contributed by atoms with Gasteiger partial charge in [-0.15, -0.1) is 11.3 Å². The van der Waals surface area contributed by atoms with Crippen LogP contribution in [-0.4, -0.2) is 49.0 Å². The van der Waals surface area contributed by atoms with E-state index in [4.69, 9.17) is 0 Å². The molecular weight excluding hydrogens is 374 g/mol. The highest BCUT2D eigenvalue weighted by Gasteiger charge is 2.25. The number of hydrogen-bond donors (Lipinski definition) is 2. The van der Waals surface area contributed by atoms with Crippen molar-refractivity contribution in [1.82, 2.24) is 30.0 Å². The molecule has 1 aliphatic heterocycles. The summed E-state index contributed by atoms with van der Waals surface area (Å²) in [6, 6.07) is 3.71. The van der Waals surface area contributed by atoms with Gasteiger partial charge in [0.25, 0.3) is 5.91 Å². The quantitative estimate of drug-likeness (QED) is 0.686. The van der Waals surface area contributed by atoms with Crippen LogP contribution in [0.4, 0.5) is 10.9 Å². The lowest BCUT2D eigenvalue weighted by atomic mass is 9.93. The SMILES string of the molecule is Cc1nc(C[C@H]2CCCN(C(=O)c3ccn[nH]3)C2)cc(Nc2ncc(C)s2)n1. The molecule has 0 radical (unpaired) electrons. The average Bonchev–Trinajstić information content (AvgIpc) is 3.33. The Kier molecular flexibility index (Phi) is 5.34. The third-order valence-corrected chi connectivity index (χ3v) is 5.61. The molecule has 0 unspecified atom stereocenters. The minimum Gasteiger partial charge on any atom is -0.337 e. The largest absolute Gasteiger partial charge is 0.337 e. The van der Waals surface area contributed by atoms with E-state index in [2.05, 4.69) is 30.5 Å². The Morgan fingerprint density at radius 3 is 3.04 bits per heavy atom. The lowest BCUT2D eigenvalue weighted by molar-refractivity contribution is 0.0666. The molecule has 146 valence electrons. The molecule has 1 aliphatic rings. The zero-order valence-corrected chi connectivity index (χ0v) is 16.8. The third kappa shape index (κ3) is 4.36. The number of rotatable bonds is 5. The van der Waals surface area contributed by atoms with Gasteiger partial charge in [-0.1, -0.05) is 0 Å². The number of carbonyl (C=O) groups is 1. The van der Waals surface area contributed by atoms with Gasteiger partial charge in [-0.2, -0.15) is 5.10 Å². The van der Waals surface area contributed by atoms with Crippen molar-refractivity contribution in [2.24, 2.45) is 5.92 Å². The molecule has 28 heavy (non-hydrogen) atoms. The van der Waals surface area contributed by atoms with Gasteiger partial charge < -0.3 is 10.2 Å². The van der Waals surface area contributed by atoms with Crippen LogP contribution in [-0.2, 0) is 6.42 Å². The molecule has 4 rings (SSSR count). The van der Waals surface area contributed by atoms with E-state index < -0.39 is 0 Å². The number of amides is 1. The Labute approximate surface area is 167 Å². The molecule has 4 heterocycles. The van der Waals surface area contributed by atoms with Gasteiger partial charge in [0.05, 0.1) is 0 Å². The summed E-state index contributed by atoms with van der Waals surface area (Å²) in [5.41, 5.74) is 1.54. The molecule has 1 amide bonds. The third-order valence-electron chi connectivity index (χ3n) is 4.78.